The van der Waals surface area contributed by atoms with Crippen LogP contribution in [0.3, 0.4) is 0 Å². The zero-order chi connectivity index (χ0) is 30.1. The number of ether oxygens (including phenoxy) is 3. The number of carboxylic acids is 1. The molecule has 2 aromatic carbocycles. The van der Waals surface area contributed by atoms with Crippen molar-refractivity contribution < 1.29 is 38.4 Å². The summed E-state index contributed by atoms with van der Waals surface area (Å²) in [4.78, 5) is 28.0. The van der Waals surface area contributed by atoms with Crippen LogP contribution in [0.5, 0.6) is 17.2 Å². The summed E-state index contributed by atoms with van der Waals surface area (Å²) < 4.78 is 32.0. The quantitative estimate of drug-likeness (QED) is 0.290. The summed E-state index contributed by atoms with van der Waals surface area (Å²) in [5.41, 5.74) is 1.55. The fourth-order valence-corrected chi connectivity index (χ4v) is 5.29. The van der Waals surface area contributed by atoms with Gasteiger partial charge in [-0.3, -0.25) is 10.2 Å². The molecule has 10 nitrogen and oxygen atoms in total. The van der Waals surface area contributed by atoms with Crippen LogP contribution < -0.4 is 14.4 Å². The normalized spacial score (nSPS) is 16.3. The van der Waals surface area contributed by atoms with Crippen LogP contribution in [0.25, 0.3) is 0 Å². The minimum Gasteiger partial charge on any atom is -0.505 e. The van der Waals surface area contributed by atoms with Gasteiger partial charge in [-0.1, -0.05) is 20.8 Å². The maximum Gasteiger partial charge on any atom is 0.329 e. The highest BCUT2D eigenvalue weighted by Gasteiger charge is 2.34. The monoisotopic (exact) mass is 651 g/mol. The molecule has 1 saturated heterocycles. The number of aliphatic carboxylic acids is 1. The number of fused-ring (bicyclic) bond motifs is 1. The first-order valence-corrected chi connectivity index (χ1v) is 13.8. The van der Waals surface area contributed by atoms with E-state index in [2.05, 4.69) is 0 Å². The van der Waals surface area contributed by atoms with Crippen LogP contribution in [0.15, 0.2) is 18.2 Å². The van der Waals surface area contributed by atoms with Gasteiger partial charge in [-0.25, -0.2) is 9.18 Å². The molecule has 1 atom stereocenters. The number of amidine groups is 1. The Morgan fingerprint density at radius 1 is 1.14 bits per heavy atom. The number of hydrogen-bond donors (Lipinski definition) is 3. The number of carboxylic acid groups (broad SMARTS) is 1. The maximum absolute atomic E-state index is 15.5. The SMILES string of the molecule is Br.CCOc1cc2c(c(F)c1OCC)C(=N)N(CC(=O)c1cc(N3CCC(OCC(=O)O)C3)c(O)c(C(C)(C)C)c1)C2. The molecule has 2 aliphatic heterocycles. The Bertz CT molecular complexity index is 1360. The minimum atomic E-state index is -1.05. The zero-order valence-corrected chi connectivity index (χ0v) is 26.3. The minimum absolute atomic E-state index is 0. The summed E-state index contributed by atoms with van der Waals surface area (Å²) in [6, 6.07) is 4.96. The zero-order valence-electron chi connectivity index (χ0n) is 24.6. The molecule has 2 heterocycles. The molecule has 12 heteroatoms. The van der Waals surface area contributed by atoms with Crippen molar-refractivity contribution in [3.8, 4) is 17.2 Å². The van der Waals surface area contributed by atoms with Gasteiger partial charge in [0.05, 0.1) is 37.1 Å². The van der Waals surface area contributed by atoms with E-state index in [4.69, 9.17) is 24.7 Å². The molecule has 0 aromatic heterocycles. The van der Waals surface area contributed by atoms with E-state index in [-0.39, 0.29) is 77.2 Å². The molecule has 2 aromatic rings. The van der Waals surface area contributed by atoms with Gasteiger partial charge in [0.1, 0.15) is 18.2 Å². The van der Waals surface area contributed by atoms with Crippen molar-refractivity contribution in [2.75, 3.05) is 44.4 Å². The van der Waals surface area contributed by atoms with Gasteiger partial charge in [0, 0.05) is 30.8 Å². The van der Waals surface area contributed by atoms with Gasteiger partial charge >= 0.3 is 5.97 Å². The van der Waals surface area contributed by atoms with E-state index in [1.165, 1.54) is 4.90 Å². The van der Waals surface area contributed by atoms with Gasteiger partial charge in [-0.15, -0.1) is 17.0 Å². The number of anilines is 1. The van der Waals surface area contributed by atoms with Crippen molar-refractivity contribution in [1.29, 1.82) is 5.41 Å². The first-order chi connectivity index (χ1) is 19.3. The van der Waals surface area contributed by atoms with E-state index >= 15 is 4.39 Å². The number of phenolic OH excluding ortho intramolecular Hbond substituents is 1. The number of benzene rings is 2. The number of carbonyl (C=O) groups excluding carboxylic acids is 1. The molecular weight excluding hydrogens is 613 g/mol. The fraction of sp³-hybridized carbons (Fsp3) is 0.500. The first kappa shape index (κ1) is 33.1. The highest BCUT2D eigenvalue weighted by molar-refractivity contribution is 8.93. The molecule has 230 valence electrons. The number of hydrogen-bond acceptors (Lipinski definition) is 8. The topological polar surface area (TPSA) is 133 Å². The summed E-state index contributed by atoms with van der Waals surface area (Å²) in [6.07, 6.45) is 0.266. The van der Waals surface area contributed by atoms with Crippen molar-refractivity contribution in [2.45, 2.75) is 59.1 Å². The lowest BCUT2D eigenvalue weighted by Crippen LogP contribution is -2.31. The molecule has 42 heavy (non-hydrogen) atoms. The number of halogens is 2. The van der Waals surface area contributed by atoms with Crippen LogP contribution in [0.2, 0.25) is 0 Å². The van der Waals surface area contributed by atoms with Gasteiger partial charge in [0.2, 0.25) is 0 Å². The second-order valence-corrected chi connectivity index (χ2v) is 11.2. The lowest BCUT2D eigenvalue weighted by atomic mass is 9.84. The third-order valence-corrected chi connectivity index (χ3v) is 7.25. The van der Waals surface area contributed by atoms with Gasteiger partial charge in [0.15, 0.2) is 23.1 Å². The predicted molar refractivity (Wildman–Crippen MR) is 162 cm³/mol. The highest BCUT2D eigenvalue weighted by Crippen LogP contribution is 2.42. The molecule has 4 rings (SSSR count). The number of nitrogens with zero attached hydrogens (tertiary/aromatic N) is 2. The Kier molecular flexibility index (Phi) is 10.5. The largest absolute Gasteiger partial charge is 0.505 e. The Labute approximate surface area is 255 Å². The van der Waals surface area contributed by atoms with E-state index in [9.17, 15) is 14.7 Å². The molecule has 0 aliphatic carbocycles. The van der Waals surface area contributed by atoms with Crippen LogP contribution in [0, 0.1) is 11.2 Å². The van der Waals surface area contributed by atoms with E-state index in [0.717, 1.165) is 0 Å². The molecule has 0 amide bonds. The molecule has 2 aliphatic rings. The lowest BCUT2D eigenvalue weighted by molar-refractivity contribution is -0.143. The van der Waals surface area contributed by atoms with Crippen molar-refractivity contribution in [2.24, 2.45) is 0 Å². The highest BCUT2D eigenvalue weighted by atomic mass is 79.9. The molecule has 3 N–H and O–H groups in total. The van der Waals surface area contributed by atoms with Gasteiger partial charge in [-0.05, 0) is 49.4 Å². The number of carbonyl (C=O) groups is 2. The Morgan fingerprint density at radius 3 is 2.45 bits per heavy atom. The summed E-state index contributed by atoms with van der Waals surface area (Å²) >= 11 is 0. The van der Waals surface area contributed by atoms with E-state index in [0.29, 0.717) is 48.5 Å². The maximum atomic E-state index is 15.5. The second kappa shape index (κ2) is 13.3. The number of ketones is 1. The Morgan fingerprint density at radius 2 is 1.83 bits per heavy atom. The summed E-state index contributed by atoms with van der Waals surface area (Å²) in [7, 11) is 0. The Hall–Kier alpha value is -3.38. The van der Waals surface area contributed by atoms with E-state index < -0.39 is 23.8 Å². The van der Waals surface area contributed by atoms with Gasteiger partial charge in [-0.2, -0.15) is 0 Å². The van der Waals surface area contributed by atoms with Crippen LogP contribution >= 0.6 is 17.0 Å². The van der Waals surface area contributed by atoms with Crippen LogP contribution in [0.1, 0.15) is 68.1 Å². The smallest absolute Gasteiger partial charge is 0.329 e. The van der Waals surface area contributed by atoms with E-state index in [1.807, 2.05) is 25.7 Å². The Balaban J connectivity index is 0.00000484. The predicted octanol–water partition coefficient (Wildman–Crippen LogP) is 4.91. The standard InChI is InChI=1S/C30H38FN3O7.BrH/c1-6-39-23-12-18-13-34(29(32)25(18)26(31)28(23)40-7-2)15-22(35)17-10-20(30(3,4)5)27(38)21(11-17)33-9-8-19(14-33)41-16-24(36)37;/h10-12,19,32,38H,6-9,13-16H2,1-5H3,(H,36,37);1H. The van der Waals surface area contributed by atoms with Crippen molar-refractivity contribution >= 4 is 40.3 Å². The molecule has 0 saturated carbocycles. The van der Waals surface area contributed by atoms with Crippen LogP contribution in [-0.2, 0) is 21.5 Å². The first-order valence-electron chi connectivity index (χ1n) is 13.8. The summed E-state index contributed by atoms with van der Waals surface area (Å²) in [6.45, 7) is 10.4. The average Bonchev–Trinajstić information content (AvgIpc) is 3.49. The number of Topliss-reactive ketones (excluding diaryl/α,β-unsaturated/α-hetero) is 1. The molecule has 1 unspecified atom stereocenters. The molecule has 1 fully saturated rings. The fourth-order valence-electron chi connectivity index (χ4n) is 5.29. The summed E-state index contributed by atoms with van der Waals surface area (Å²) in [5, 5.41) is 28.8. The molecular formula is C30H39BrFN3O7. The number of phenols is 1. The number of aromatic hydroxyl groups is 1. The number of rotatable bonds is 11. The van der Waals surface area contributed by atoms with Gasteiger partial charge < -0.3 is 34.2 Å². The molecule has 0 radical (unpaired) electrons. The van der Waals surface area contributed by atoms with E-state index in [1.54, 1.807) is 32.0 Å². The molecule has 0 spiro atoms. The van der Waals surface area contributed by atoms with Crippen molar-refractivity contribution in [1.82, 2.24) is 4.90 Å². The third-order valence-electron chi connectivity index (χ3n) is 7.25. The second-order valence-electron chi connectivity index (χ2n) is 11.2. The summed E-state index contributed by atoms with van der Waals surface area (Å²) in [5.74, 6) is -1.84. The lowest BCUT2D eigenvalue weighted by Gasteiger charge is -2.27. The van der Waals surface area contributed by atoms with Crippen LogP contribution in [-0.4, -0.2) is 78.3 Å². The number of nitrogens with one attached hydrogen (secondary N) is 1. The van der Waals surface area contributed by atoms with Crippen molar-refractivity contribution in [3.05, 3.63) is 46.3 Å². The average molecular weight is 653 g/mol. The van der Waals surface area contributed by atoms with Gasteiger partial charge in [0.25, 0.3) is 0 Å². The molecule has 0 bridgehead atoms. The van der Waals surface area contributed by atoms with Crippen LogP contribution in [0.4, 0.5) is 10.1 Å². The third kappa shape index (κ3) is 6.81. The van der Waals surface area contributed by atoms with Crippen molar-refractivity contribution in [3.63, 3.8) is 0 Å².